The summed E-state index contributed by atoms with van der Waals surface area (Å²) >= 11 is 0. The van der Waals surface area contributed by atoms with Gasteiger partial charge in [-0.25, -0.2) is 0 Å². The monoisotopic (exact) mass is 198 g/mol. The molecule has 1 unspecified atom stereocenters. The minimum atomic E-state index is -0.0250. The lowest BCUT2D eigenvalue weighted by molar-refractivity contribution is 0.112. The SMILES string of the molecule is CCC(CC)CC(O)CC1CCCC1. The van der Waals surface area contributed by atoms with Gasteiger partial charge in [0.15, 0.2) is 0 Å². The molecule has 1 N–H and O–H groups in total. The molecule has 1 fully saturated rings. The second kappa shape index (κ2) is 6.44. The first-order chi connectivity index (χ1) is 6.76. The number of aliphatic hydroxyl groups is 1. The Morgan fingerprint density at radius 3 is 2.21 bits per heavy atom. The van der Waals surface area contributed by atoms with E-state index in [1.807, 2.05) is 0 Å². The molecule has 0 aliphatic heterocycles. The minimum absolute atomic E-state index is 0.0250. The predicted molar refractivity (Wildman–Crippen MR) is 61.3 cm³/mol. The van der Waals surface area contributed by atoms with Gasteiger partial charge in [-0.1, -0.05) is 52.4 Å². The maximum atomic E-state index is 9.94. The first-order valence-corrected chi connectivity index (χ1v) is 6.44. The highest BCUT2D eigenvalue weighted by Gasteiger charge is 2.20. The van der Waals surface area contributed by atoms with Gasteiger partial charge < -0.3 is 5.11 Å². The molecule has 1 atom stereocenters. The lowest BCUT2D eigenvalue weighted by atomic mass is 9.91. The smallest absolute Gasteiger partial charge is 0.0545 e. The Morgan fingerprint density at radius 2 is 1.71 bits per heavy atom. The van der Waals surface area contributed by atoms with Crippen LogP contribution >= 0.6 is 0 Å². The van der Waals surface area contributed by atoms with Gasteiger partial charge in [0, 0.05) is 0 Å². The molecule has 0 aromatic heterocycles. The van der Waals surface area contributed by atoms with Crippen LogP contribution in [-0.4, -0.2) is 11.2 Å². The van der Waals surface area contributed by atoms with Gasteiger partial charge in [-0.15, -0.1) is 0 Å². The summed E-state index contributed by atoms with van der Waals surface area (Å²) in [5.41, 5.74) is 0. The van der Waals surface area contributed by atoms with Crippen molar-refractivity contribution in [3.05, 3.63) is 0 Å². The molecule has 1 nitrogen and oxygen atoms in total. The largest absolute Gasteiger partial charge is 0.393 e. The van der Waals surface area contributed by atoms with E-state index >= 15 is 0 Å². The van der Waals surface area contributed by atoms with Crippen LogP contribution in [0.3, 0.4) is 0 Å². The van der Waals surface area contributed by atoms with Gasteiger partial charge in [0.05, 0.1) is 6.10 Å². The van der Waals surface area contributed by atoms with Gasteiger partial charge in [0.25, 0.3) is 0 Å². The van der Waals surface area contributed by atoms with Crippen molar-refractivity contribution in [1.82, 2.24) is 0 Å². The van der Waals surface area contributed by atoms with Crippen molar-refractivity contribution in [2.24, 2.45) is 11.8 Å². The van der Waals surface area contributed by atoms with Crippen LogP contribution in [0.2, 0.25) is 0 Å². The first kappa shape index (κ1) is 12.0. The van der Waals surface area contributed by atoms with Gasteiger partial charge in [-0.2, -0.15) is 0 Å². The molecule has 84 valence electrons. The van der Waals surface area contributed by atoms with Crippen LogP contribution in [0.5, 0.6) is 0 Å². The van der Waals surface area contributed by atoms with Crippen LogP contribution in [0, 0.1) is 11.8 Å². The van der Waals surface area contributed by atoms with Gasteiger partial charge in [0.1, 0.15) is 0 Å². The number of hydrogen-bond donors (Lipinski definition) is 1. The van der Waals surface area contributed by atoms with Crippen LogP contribution in [0.15, 0.2) is 0 Å². The summed E-state index contributed by atoms with van der Waals surface area (Å²) in [6.45, 7) is 4.47. The summed E-state index contributed by atoms with van der Waals surface area (Å²) in [4.78, 5) is 0. The Bertz CT molecular complexity index is 130. The number of hydrogen-bond acceptors (Lipinski definition) is 1. The summed E-state index contributed by atoms with van der Waals surface area (Å²) < 4.78 is 0. The van der Waals surface area contributed by atoms with Crippen molar-refractivity contribution in [1.29, 1.82) is 0 Å². The molecule has 0 aromatic carbocycles. The van der Waals surface area contributed by atoms with E-state index in [1.165, 1.54) is 38.5 Å². The lowest BCUT2D eigenvalue weighted by Gasteiger charge is -2.19. The van der Waals surface area contributed by atoms with Crippen LogP contribution in [0.4, 0.5) is 0 Å². The topological polar surface area (TPSA) is 20.2 Å². The van der Waals surface area contributed by atoms with Crippen molar-refractivity contribution >= 4 is 0 Å². The molecule has 1 aliphatic carbocycles. The fourth-order valence-electron chi connectivity index (χ4n) is 2.73. The van der Waals surface area contributed by atoms with Gasteiger partial charge >= 0.3 is 0 Å². The molecule has 1 heteroatoms. The Hall–Kier alpha value is -0.0400. The van der Waals surface area contributed by atoms with Crippen molar-refractivity contribution in [3.63, 3.8) is 0 Å². The average molecular weight is 198 g/mol. The normalized spacial score (nSPS) is 20.6. The van der Waals surface area contributed by atoms with Crippen LogP contribution < -0.4 is 0 Å². The van der Waals surface area contributed by atoms with E-state index in [-0.39, 0.29) is 6.10 Å². The predicted octanol–water partition coefficient (Wildman–Crippen LogP) is 3.75. The summed E-state index contributed by atoms with van der Waals surface area (Å²) in [7, 11) is 0. The zero-order chi connectivity index (χ0) is 10.4. The van der Waals surface area contributed by atoms with E-state index in [0.29, 0.717) is 0 Å². The van der Waals surface area contributed by atoms with Gasteiger partial charge in [0.2, 0.25) is 0 Å². The molecule has 0 amide bonds. The zero-order valence-corrected chi connectivity index (χ0v) is 9.84. The molecule has 0 heterocycles. The van der Waals surface area contributed by atoms with E-state index in [4.69, 9.17) is 0 Å². The van der Waals surface area contributed by atoms with Gasteiger partial charge in [-0.05, 0) is 24.7 Å². The molecular weight excluding hydrogens is 172 g/mol. The number of rotatable bonds is 6. The number of aliphatic hydroxyl groups excluding tert-OH is 1. The summed E-state index contributed by atoms with van der Waals surface area (Å²) in [6.07, 6.45) is 10.0. The van der Waals surface area contributed by atoms with Crippen LogP contribution in [-0.2, 0) is 0 Å². The van der Waals surface area contributed by atoms with Crippen LogP contribution in [0.25, 0.3) is 0 Å². The summed E-state index contributed by atoms with van der Waals surface area (Å²) in [6, 6.07) is 0. The molecule has 1 saturated carbocycles. The standard InChI is InChI=1S/C13H26O/c1-3-11(4-2)9-13(14)10-12-7-5-6-8-12/h11-14H,3-10H2,1-2H3. The Balaban J connectivity index is 2.16. The van der Waals surface area contributed by atoms with Crippen molar-refractivity contribution in [2.45, 2.75) is 71.3 Å². The minimum Gasteiger partial charge on any atom is -0.393 e. The van der Waals surface area contributed by atoms with Crippen molar-refractivity contribution in [2.75, 3.05) is 0 Å². The van der Waals surface area contributed by atoms with E-state index in [0.717, 1.165) is 24.7 Å². The molecule has 0 aromatic rings. The van der Waals surface area contributed by atoms with Crippen molar-refractivity contribution < 1.29 is 5.11 Å². The third kappa shape index (κ3) is 4.00. The molecule has 0 saturated heterocycles. The zero-order valence-electron chi connectivity index (χ0n) is 9.84. The molecule has 0 bridgehead atoms. The molecular formula is C13H26O. The third-order valence-corrected chi connectivity index (χ3v) is 3.84. The maximum Gasteiger partial charge on any atom is 0.0545 e. The van der Waals surface area contributed by atoms with Crippen LogP contribution in [0.1, 0.15) is 65.2 Å². The van der Waals surface area contributed by atoms with E-state index in [2.05, 4.69) is 13.8 Å². The van der Waals surface area contributed by atoms with Gasteiger partial charge in [-0.3, -0.25) is 0 Å². The molecule has 14 heavy (non-hydrogen) atoms. The molecule has 1 rings (SSSR count). The molecule has 0 spiro atoms. The average Bonchev–Trinajstić information content (AvgIpc) is 2.66. The lowest BCUT2D eigenvalue weighted by Crippen LogP contribution is -2.16. The van der Waals surface area contributed by atoms with E-state index < -0.39 is 0 Å². The second-order valence-corrected chi connectivity index (χ2v) is 4.96. The fourth-order valence-corrected chi connectivity index (χ4v) is 2.73. The van der Waals surface area contributed by atoms with E-state index in [1.54, 1.807) is 0 Å². The third-order valence-electron chi connectivity index (χ3n) is 3.84. The highest BCUT2D eigenvalue weighted by molar-refractivity contribution is 4.72. The second-order valence-electron chi connectivity index (χ2n) is 4.96. The Morgan fingerprint density at radius 1 is 1.14 bits per heavy atom. The maximum absolute atomic E-state index is 9.94. The van der Waals surface area contributed by atoms with Crippen molar-refractivity contribution in [3.8, 4) is 0 Å². The summed E-state index contributed by atoms with van der Waals surface area (Å²) in [5.74, 6) is 1.57. The fraction of sp³-hybridized carbons (Fsp3) is 1.00. The Labute approximate surface area is 88.9 Å². The molecule has 0 radical (unpaired) electrons. The highest BCUT2D eigenvalue weighted by atomic mass is 16.3. The quantitative estimate of drug-likeness (QED) is 0.689. The highest BCUT2D eigenvalue weighted by Crippen LogP contribution is 2.30. The van der Waals surface area contributed by atoms with E-state index in [9.17, 15) is 5.11 Å². The first-order valence-electron chi connectivity index (χ1n) is 6.44. The molecule has 1 aliphatic rings. The summed E-state index contributed by atoms with van der Waals surface area (Å²) in [5, 5.41) is 9.94. The Kier molecular flexibility index (Phi) is 5.54.